The Morgan fingerprint density at radius 1 is 1.06 bits per heavy atom. The Hall–Kier alpha value is -4.61. The first-order chi connectivity index (χ1) is 16.9. The number of nitro benzene ring substituents is 1. The van der Waals surface area contributed by atoms with Crippen molar-refractivity contribution in [3.8, 4) is 22.9 Å². The predicted octanol–water partition coefficient (Wildman–Crippen LogP) is 2.67. The standard InChI is InChI=1S/C23H24N4O8/c1-4-34-23(29)22-20(13-26(25-22)16-6-8-17(9-7-16)27(30)31)35-14-21(28)24-12-15-5-10-18(32-2)19(11-15)33-3/h5-11,13H,4,12,14H2,1-3H3,(H,24,28). The number of carbonyl (C=O) groups excluding carboxylic acids is 2. The zero-order valence-electron chi connectivity index (χ0n) is 19.3. The lowest BCUT2D eigenvalue weighted by molar-refractivity contribution is -0.384. The van der Waals surface area contributed by atoms with Gasteiger partial charge in [-0.3, -0.25) is 14.9 Å². The number of esters is 1. The fraction of sp³-hybridized carbons (Fsp3) is 0.261. The van der Waals surface area contributed by atoms with E-state index < -0.39 is 16.8 Å². The summed E-state index contributed by atoms with van der Waals surface area (Å²) in [5.74, 6) is -0.0229. The molecule has 12 heteroatoms. The molecule has 3 rings (SSSR count). The maximum Gasteiger partial charge on any atom is 0.362 e. The summed E-state index contributed by atoms with van der Waals surface area (Å²) >= 11 is 0. The van der Waals surface area contributed by atoms with Gasteiger partial charge in [0, 0.05) is 18.7 Å². The number of hydrogen-bond donors (Lipinski definition) is 1. The molecule has 0 atom stereocenters. The van der Waals surface area contributed by atoms with Crippen LogP contribution in [-0.2, 0) is 16.1 Å². The van der Waals surface area contributed by atoms with E-state index in [1.54, 1.807) is 25.1 Å². The van der Waals surface area contributed by atoms with Crippen molar-refractivity contribution in [1.29, 1.82) is 0 Å². The number of amides is 1. The van der Waals surface area contributed by atoms with Crippen LogP contribution >= 0.6 is 0 Å². The van der Waals surface area contributed by atoms with Gasteiger partial charge in [0.1, 0.15) is 0 Å². The average Bonchev–Trinajstić information content (AvgIpc) is 3.30. The third-order valence-electron chi connectivity index (χ3n) is 4.77. The molecule has 12 nitrogen and oxygen atoms in total. The highest BCUT2D eigenvalue weighted by atomic mass is 16.6. The van der Waals surface area contributed by atoms with Crippen LogP contribution in [0.3, 0.4) is 0 Å². The van der Waals surface area contributed by atoms with Crippen LogP contribution in [0.5, 0.6) is 17.2 Å². The van der Waals surface area contributed by atoms with E-state index in [0.29, 0.717) is 17.2 Å². The van der Waals surface area contributed by atoms with E-state index in [1.165, 1.54) is 49.4 Å². The molecule has 0 aliphatic rings. The molecule has 0 saturated carbocycles. The van der Waals surface area contributed by atoms with Crippen LogP contribution in [0.15, 0.2) is 48.7 Å². The third-order valence-corrected chi connectivity index (χ3v) is 4.77. The maximum atomic E-state index is 12.4. The van der Waals surface area contributed by atoms with Crippen LogP contribution in [0.1, 0.15) is 23.0 Å². The largest absolute Gasteiger partial charge is 0.493 e. The monoisotopic (exact) mass is 484 g/mol. The number of hydrogen-bond acceptors (Lipinski definition) is 9. The Morgan fingerprint density at radius 2 is 1.77 bits per heavy atom. The molecule has 0 bridgehead atoms. The van der Waals surface area contributed by atoms with Crippen LogP contribution in [-0.4, -0.2) is 54.0 Å². The van der Waals surface area contributed by atoms with E-state index >= 15 is 0 Å². The summed E-state index contributed by atoms with van der Waals surface area (Å²) in [4.78, 5) is 35.0. The number of methoxy groups -OCH3 is 2. The SMILES string of the molecule is CCOC(=O)c1nn(-c2ccc([N+](=O)[O-])cc2)cc1OCC(=O)NCc1ccc(OC)c(OC)c1. The molecule has 3 aromatic rings. The average molecular weight is 484 g/mol. The highest BCUT2D eigenvalue weighted by Gasteiger charge is 2.21. The number of nitrogens with zero attached hydrogens (tertiary/aromatic N) is 3. The number of nitro groups is 1. The summed E-state index contributed by atoms with van der Waals surface area (Å²) in [5.41, 5.74) is 1.02. The van der Waals surface area contributed by atoms with Crippen molar-refractivity contribution in [3.05, 3.63) is 70.0 Å². The van der Waals surface area contributed by atoms with Crippen molar-refractivity contribution in [2.45, 2.75) is 13.5 Å². The smallest absolute Gasteiger partial charge is 0.362 e. The van der Waals surface area contributed by atoms with Gasteiger partial charge in [0.25, 0.3) is 11.6 Å². The van der Waals surface area contributed by atoms with E-state index in [-0.39, 0.29) is 36.9 Å². The topological polar surface area (TPSA) is 144 Å². The minimum atomic E-state index is -0.728. The number of benzene rings is 2. The fourth-order valence-corrected chi connectivity index (χ4v) is 3.05. The fourth-order valence-electron chi connectivity index (χ4n) is 3.05. The number of ether oxygens (including phenoxy) is 4. The van der Waals surface area contributed by atoms with Crippen LogP contribution in [0.25, 0.3) is 5.69 Å². The molecule has 0 aliphatic heterocycles. The lowest BCUT2D eigenvalue weighted by Crippen LogP contribution is -2.28. The third kappa shape index (κ3) is 6.25. The molecule has 1 heterocycles. The van der Waals surface area contributed by atoms with E-state index in [1.807, 2.05) is 0 Å². The molecule has 1 N–H and O–H groups in total. The van der Waals surface area contributed by atoms with Crippen LogP contribution < -0.4 is 19.5 Å². The highest BCUT2D eigenvalue weighted by Crippen LogP contribution is 2.27. The maximum absolute atomic E-state index is 12.4. The quantitative estimate of drug-likeness (QED) is 0.247. The molecule has 0 aliphatic carbocycles. The summed E-state index contributed by atoms with van der Waals surface area (Å²) in [6.07, 6.45) is 1.40. The molecule has 0 unspecified atom stereocenters. The molecule has 184 valence electrons. The number of rotatable bonds is 11. The van der Waals surface area contributed by atoms with E-state index in [2.05, 4.69) is 10.4 Å². The molecule has 0 saturated heterocycles. The Balaban J connectivity index is 1.69. The second-order valence-electron chi connectivity index (χ2n) is 7.04. The minimum Gasteiger partial charge on any atom is -0.493 e. The summed E-state index contributed by atoms with van der Waals surface area (Å²) in [7, 11) is 3.05. The van der Waals surface area contributed by atoms with Gasteiger partial charge in [-0.1, -0.05) is 6.07 Å². The summed E-state index contributed by atoms with van der Waals surface area (Å²) < 4.78 is 22.3. The summed E-state index contributed by atoms with van der Waals surface area (Å²) in [6.45, 7) is 1.60. The Labute approximate surface area is 200 Å². The first-order valence-electron chi connectivity index (χ1n) is 10.5. The number of carbonyl (C=O) groups is 2. The number of nitrogens with one attached hydrogen (secondary N) is 1. The van der Waals surface area contributed by atoms with Crippen molar-refractivity contribution in [3.63, 3.8) is 0 Å². The lowest BCUT2D eigenvalue weighted by atomic mass is 10.2. The van der Waals surface area contributed by atoms with Gasteiger partial charge < -0.3 is 24.3 Å². The molecule has 1 aromatic heterocycles. The zero-order chi connectivity index (χ0) is 25.4. The minimum absolute atomic E-state index is 0.0306. The van der Waals surface area contributed by atoms with Crippen LogP contribution in [0.2, 0.25) is 0 Å². The molecular formula is C23H24N4O8. The van der Waals surface area contributed by atoms with Crippen molar-refractivity contribution in [2.75, 3.05) is 27.4 Å². The molecule has 0 fully saturated rings. The van der Waals surface area contributed by atoms with Gasteiger partial charge in [0.05, 0.1) is 37.6 Å². The zero-order valence-corrected chi connectivity index (χ0v) is 19.3. The number of non-ortho nitro benzene ring substituents is 1. The molecular weight excluding hydrogens is 460 g/mol. The first kappa shape index (κ1) is 25.0. The molecule has 1 amide bonds. The van der Waals surface area contributed by atoms with Gasteiger partial charge in [0.15, 0.2) is 23.9 Å². The van der Waals surface area contributed by atoms with Crippen molar-refractivity contribution >= 4 is 17.6 Å². The summed E-state index contributed by atoms with van der Waals surface area (Å²) in [5, 5.41) is 17.8. The second kappa shape index (κ2) is 11.5. The lowest BCUT2D eigenvalue weighted by Gasteiger charge is -2.10. The van der Waals surface area contributed by atoms with Crippen molar-refractivity contribution < 1.29 is 33.5 Å². The second-order valence-corrected chi connectivity index (χ2v) is 7.04. The van der Waals surface area contributed by atoms with E-state index in [9.17, 15) is 19.7 Å². The molecule has 0 spiro atoms. The Morgan fingerprint density at radius 3 is 2.40 bits per heavy atom. The van der Waals surface area contributed by atoms with Gasteiger partial charge in [-0.05, 0) is 36.8 Å². The molecule has 0 radical (unpaired) electrons. The van der Waals surface area contributed by atoms with E-state index in [0.717, 1.165) is 5.56 Å². The van der Waals surface area contributed by atoms with Crippen LogP contribution in [0.4, 0.5) is 5.69 Å². The Kier molecular flexibility index (Phi) is 8.22. The van der Waals surface area contributed by atoms with Gasteiger partial charge in [-0.25, -0.2) is 9.48 Å². The van der Waals surface area contributed by atoms with Gasteiger partial charge in [-0.15, -0.1) is 0 Å². The van der Waals surface area contributed by atoms with Crippen molar-refractivity contribution in [2.24, 2.45) is 0 Å². The first-order valence-corrected chi connectivity index (χ1v) is 10.5. The number of aromatic nitrogens is 2. The van der Waals surface area contributed by atoms with E-state index in [4.69, 9.17) is 18.9 Å². The van der Waals surface area contributed by atoms with Crippen molar-refractivity contribution in [1.82, 2.24) is 15.1 Å². The normalized spacial score (nSPS) is 10.4. The van der Waals surface area contributed by atoms with Gasteiger partial charge in [0.2, 0.25) is 5.69 Å². The van der Waals surface area contributed by atoms with Gasteiger partial charge >= 0.3 is 5.97 Å². The summed E-state index contributed by atoms with van der Waals surface area (Å²) in [6, 6.07) is 10.8. The predicted molar refractivity (Wildman–Crippen MR) is 123 cm³/mol. The van der Waals surface area contributed by atoms with Crippen LogP contribution in [0, 0.1) is 10.1 Å². The van der Waals surface area contributed by atoms with Gasteiger partial charge in [-0.2, -0.15) is 5.10 Å². The molecule has 35 heavy (non-hydrogen) atoms. The highest BCUT2D eigenvalue weighted by molar-refractivity contribution is 5.90. The Bertz CT molecular complexity index is 1210. The molecule has 2 aromatic carbocycles.